The Morgan fingerprint density at radius 1 is 0.917 bits per heavy atom. The van der Waals surface area contributed by atoms with Gasteiger partial charge in [-0.2, -0.15) is 0 Å². The number of aliphatic carboxylic acids is 1. The summed E-state index contributed by atoms with van der Waals surface area (Å²) in [7, 11) is 0. The number of carboxylic acid groups (broad SMARTS) is 1. The molecule has 3 aromatic rings. The first-order valence-electron chi connectivity index (χ1n) is 11.5. The first kappa shape index (κ1) is 23.2. The smallest absolute Gasteiger partial charge is 0.340 e. The van der Waals surface area contributed by atoms with E-state index in [0.29, 0.717) is 58.7 Å². The Bertz CT molecular complexity index is 1400. The Kier molecular flexibility index (Phi) is 5.75. The monoisotopic (exact) mass is 489 g/mol. The number of nitrogens with one attached hydrogen (secondary N) is 1. The number of benzene rings is 3. The van der Waals surface area contributed by atoms with Crippen LogP contribution in [0.15, 0.2) is 54.6 Å². The molecule has 0 saturated carbocycles. The number of fused-ring (bicyclic) bond motifs is 6. The second kappa shape index (κ2) is 8.92. The number of phenolic OH excluding ortho intramolecular Hbond substituents is 2. The van der Waals surface area contributed by atoms with Crippen LogP contribution < -0.4 is 10.1 Å². The van der Waals surface area contributed by atoms with Crippen LogP contribution in [0.3, 0.4) is 0 Å². The molecule has 0 aromatic heterocycles. The zero-order chi connectivity index (χ0) is 25.4. The molecule has 3 aromatic carbocycles. The SMILES string of the molecule is O=C(O)CCC(=O)NCCCc1cc2c(cc1O)Oc1cc(O)ccc1C21OC(=O)c2ccccc21. The molecule has 0 radical (unpaired) electrons. The van der Waals surface area contributed by atoms with Gasteiger partial charge in [0.15, 0.2) is 5.60 Å². The van der Waals surface area contributed by atoms with Crippen molar-refractivity contribution in [3.63, 3.8) is 0 Å². The summed E-state index contributed by atoms with van der Waals surface area (Å²) in [6.45, 7) is 0.302. The van der Waals surface area contributed by atoms with E-state index in [0.717, 1.165) is 0 Å². The van der Waals surface area contributed by atoms with Crippen molar-refractivity contribution in [3.05, 3.63) is 82.4 Å². The summed E-state index contributed by atoms with van der Waals surface area (Å²) >= 11 is 0. The van der Waals surface area contributed by atoms with Crippen molar-refractivity contribution in [2.75, 3.05) is 6.54 Å². The van der Waals surface area contributed by atoms with Crippen LogP contribution in [-0.4, -0.2) is 39.7 Å². The number of carbonyl (C=O) groups excluding carboxylic acids is 2. The first-order chi connectivity index (χ1) is 17.3. The molecule has 0 aliphatic carbocycles. The Balaban J connectivity index is 1.49. The Morgan fingerprint density at radius 2 is 1.69 bits per heavy atom. The molecule has 5 rings (SSSR count). The van der Waals surface area contributed by atoms with Crippen LogP contribution in [0.4, 0.5) is 0 Å². The number of rotatable bonds is 7. The lowest BCUT2D eigenvalue weighted by atomic mass is 9.77. The van der Waals surface area contributed by atoms with E-state index >= 15 is 0 Å². The van der Waals surface area contributed by atoms with Gasteiger partial charge < -0.3 is 30.1 Å². The van der Waals surface area contributed by atoms with Crippen molar-refractivity contribution in [1.29, 1.82) is 0 Å². The largest absolute Gasteiger partial charge is 0.508 e. The molecule has 2 aliphatic rings. The van der Waals surface area contributed by atoms with Crippen LogP contribution in [0.2, 0.25) is 0 Å². The maximum absolute atomic E-state index is 12.9. The van der Waals surface area contributed by atoms with Crippen molar-refractivity contribution in [3.8, 4) is 23.0 Å². The number of carboxylic acids is 1. The van der Waals surface area contributed by atoms with Gasteiger partial charge in [-0.3, -0.25) is 9.59 Å². The summed E-state index contributed by atoms with van der Waals surface area (Å²) in [6.07, 6.45) is 0.546. The zero-order valence-electron chi connectivity index (χ0n) is 19.1. The third-order valence-corrected chi connectivity index (χ3v) is 6.41. The lowest BCUT2D eigenvalue weighted by Crippen LogP contribution is -2.33. The molecular weight excluding hydrogens is 466 g/mol. The van der Waals surface area contributed by atoms with Gasteiger partial charge >= 0.3 is 11.9 Å². The predicted octanol–water partition coefficient (Wildman–Crippen LogP) is 3.58. The highest BCUT2D eigenvalue weighted by Crippen LogP contribution is 2.57. The highest BCUT2D eigenvalue weighted by atomic mass is 16.6. The summed E-state index contributed by atoms with van der Waals surface area (Å²) in [4.78, 5) is 35.3. The number of phenols is 2. The van der Waals surface area contributed by atoms with E-state index in [1.165, 1.54) is 18.2 Å². The summed E-state index contributed by atoms with van der Waals surface area (Å²) < 4.78 is 12.1. The molecule has 0 bridgehead atoms. The number of hydrogen-bond acceptors (Lipinski definition) is 7. The van der Waals surface area contributed by atoms with Crippen molar-refractivity contribution in [2.24, 2.45) is 0 Å². The number of aromatic hydroxyl groups is 2. The van der Waals surface area contributed by atoms with E-state index in [1.54, 1.807) is 24.3 Å². The fourth-order valence-corrected chi connectivity index (χ4v) is 4.76. The molecule has 9 heteroatoms. The maximum atomic E-state index is 12.9. The van der Waals surface area contributed by atoms with Gasteiger partial charge in [-0.15, -0.1) is 0 Å². The van der Waals surface area contributed by atoms with Crippen LogP contribution in [0.1, 0.15) is 51.9 Å². The van der Waals surface area contributed by atoms with E-state index in [9.17, 15) is 24.6 Å². The minimum absolute atomic E-state index is 0.0174. The average Bonchev–Trinajstić information content (AvgIpc) is 3.14. The fourth-order valence-electron chi connectivity index (χ4n) is 4.76. The Morgan fingerprint density at radius 3 is 2.50 bits per heavy atom. The van der Waals surface area contributed by atoms with E-state index in [-0.39, 0.29) is 30.2 Å². The number of carbonyl (C=O) groups is 3. The second-order valence-corrected chi connectivity index (χ2v) is 8.72. The standard InChI is InChI=1S/C27H23NO8/c29-16-7-8-19-22(13-16)35-23-14-21(30)15(4-3-11-28-24(31)9-10-25(32)33)12-20(23)27(19)18-6-2-1-5-17(18)26(34)36-27/h1-2,5-8,12-14,29-30H,3-4,9-11H2,(H,28,31)(H,32,33). The minimum Gasteiger partial charge on any atom is -0.508 e. The van der Waals surface area contributed by atoms with Crippen LogP contribution in [-0.2, 0) is 26.3 Å². The molecular formula is C27H23NO8. The van der Waals surface area contributed by atoms with Gasteiger partial charge in [0.05, 0.1) is 12.0 Å². The summed E-state index contributed by atoms with van der Waals surface area (Å²) in [5.74, 6) is -1.32. The van der Waals surface area contributed by atoms with Gasteiger partial charge in [-0.25, -0.2) is 4.79 Å². The van der Waals surface area contributed by atoms with Crippen LogP contribution in [0.25, 0.3) is 0 Å². The Labute approximate surface area is 205 Å². The van der Waals surface area contributed by atoms with E-state index in [2.05, 4.69) is 5.32 Å². The molecule has 2 aliphatic heterocycles. The van der Waals surface area contributed by atoms with Gasteiger partial charge in [0.2, 0.25) is 5.91 Å². The molecule has 0 saturated heterocycles. The summed E-state index contributed by atoms with van der Waals surface area (Å²) in [5, 5.41) is 32.1. The molecule has 184 valence electrons. The van der Waals surface area contributed by atoms with Crippen molar-refractivity contribution in [1.82, 2.24) is 5.32 Å². The molecule has 1 atom stereocenters. The van der Waals surface area contributed by atoms with Crippen molar-refractivity contribution < 1.29 is 39.2 Å². The molecule has 0 fully saturated rings. The van der Waals surface area contributed by atoms with E-state index in [4.69, 9.17) is 14.6 Å². The number of esters is 1. The van der Waals surface area contributed by atoms with Gasteiger partial charge in [-0.1, -0.05) is 18.2 Å². The summed E-state index contributed by atoms with van der Waals surface area (Å²) in [6, 6.07) is 14.9. The van der Waals surface area contributed by atoms with Gasteiger partial charge in [0.1, 0.15) is 23.0 Å². The third kappa shape index (κ3) is 3.88. The second-order valence-electron chi connectivity index (χ2n) is 8.72. The fraction of sp³-hybridized carbons (Fsp3) is 0.222. The number of aryl methyl sites for hydroxylation is 1. The highest BCUT2D eigenvalue weighted by Gasteiger charge is 2.53. The summed E-state index contributed by atoms with van der Waals surface area (Å²) in [5.41, 5.74) is 1.39. The number of amides is 1. The van der Waals surface area contributed by atoms with Crippen LogP contribution >= 0.6 is 0 Å². The average molecular weight is 489 g/mol. The molecule has 1 amide bonds. The first-order valence-corrected chi connectivity index (χ1v) is 11.5. The molecule has 2 heterocycles. The zero-order valence-corrected chi connectivity index (χ0v) is 19.1. The maximum Gasteiger partial charge on any atom is 0.340 e. The van der Waals surface area contributed by atoms with Crippen molar-refractivity contribution in [2.45, 2.75) is 31.3 Å². The van der Waals surface area contributed by atoms with Gasteiger partial charge in [-0.05, 0) is 42.7 Å². The van der Waals surface area contributed by atoms with Crippen LogP contribution in [0.5, 0.6) is 23.0 Å². The topological polar surface area (TPSA) is 142 Å². The lowest BCUT2D eigenvalue weighted by molar-refractivity contribution is -0.138. The van der Waals surface area contributed by atoms with Gasteiger partial charge in [0, 0.05) is 41.8 Å². The molecule has 4 N–H and O–H groups in total. The highest BCUT2D eigenvalue weighted by molar-refractivity contribution is 5.97. The van der Waals surface area contributed by atoms with E-state index < -0.39 is 17.5 Å². The Hall–Kier alpha value is -4.53. The normalized spacial score (nSPS) is 16.9. The number of ether oxygens (including phenoxy) is 2. The van der Waals surface area contributed by atoms with Crippen LogP contribution in [0, 0.1) is 0 Å². The molecule has 36 heavy (non-hydrogen) atoms. The number of hydrogen-bond donors (Lipinski definition) is 4. The van der Waals surface area contributed by atoms with E-state index in [1.807, 2.05) is 12.1 Å². The molecule has 9 nitrogen and oxygen atoms in total. The molecule has 1 unspecified atom stereocenters. The minimum atomic E-state index is -1.32. The predicted molar refractivity (Wildman–Crippen MR) is 126 cm³/mol. The lowest BCUT2D eigenvalue weighted by Gasteiger charge is -2.37. The van der Waals surface area contributed by atoms with Gasteiger partial charge in [0.25, 0.3) is 0 Å². The quantitative estimate of drug-likeness (QED) is 0.291. The van der Waals surface area contributed by atoms with Crippen molar-refractivity contribution >= 4 is 17.8 Å². The third-order valence-electron chi connectivity index (χ3n) is 6.41. The molecule has 1 spiro atoms.